The zero-order chi connectivity index (χ0) is 14.8. The van der Waals surface area contributed by atoms with Gasteiger partial charge >= 0.3 is 0 Å². The summed E-state index contributed by atoms with van der Waals surface area (Å²) < 4.78 is 5.26. The maximum Gasteiger partial charge on any atom is 0.223 e. The van der Waals surface area contributed by atoms with E-state index in [9.17, 15) is 9.90 Å². The van der Waals surface area contributed by atoms with Gasteiger partial charge in [-0.05, 0) is 54.9 Å². The molecule has 1 amide bonds. The maximum absolute atomic E-state index is 12.4. The van der Waals surface area contributed by atoms with Crippen LogP contribution in [0.1, 0.15) is 30.4 Å². The van der Waals surface area contributed by atoms with Crippen LogP contribution in [0.15, 0.2) is 18.2 Å². The SMILES string of the molecule is COc1ccc2c(c1)C[C@H](CC(=O)N1CCC[C@H]1CO)C2. The van der Waals surface area contributed by atoms with Crippen molar-refractivity contribution in [2.24, 2.45) is 5.92 Å². The number of aliphatic hydroxyl groups is 1. The van der Waals surface area contributed by atoms with Crippen LogP contribution in [0.2, 0.25) is 0 Å². The number of carbonyl (C=O) groups is 1. The molecule has 3 rings (SSSR count). The Morgan fingerprint density at radius 3 is 2.95 bits per heavy atom. The lowest BCUT2D eigenvalue weighted by Gasteiger charge is -2.24. The van der Waals surface area contributed by atoms with E-state index < -0.39 is 0 Å². The lowest BCUT2D eigenvalue weighted by molar-refractivity contribution is -0.133. The molecule has 1 aromatic carbocycles. The molecule has 4 nitrogen and oxygen atoms in total. The van der Waals surface area contributed by atoms with Gasteiger partial charge in [-0.3, -0.25) is 4.79 Å². The normalized spacial score (nSPS) is 24.2. The lowest BCUT2D eigenvalue weighted by atomic mass is 10.0. The van der Waals surface area contributed by atoms with Gasteiger partial charge in [-0.15, -0.1) is 0 Å². The first kappa shape index (κ1) is 14.4. The molecule has 1 aromatic rings. The number of benzene rings is 1. The first-order chi connectivity index (χ1) is 10.2. The van der Waals surface area contributed by atoms with Crippen LogP contribution in [-0.4, -0.2) is 42.2 Å². The maximum atomic E-state index is 12.4. The smallest absolute Gasteiger partial charge is 0.223 e. The topological polar surface area (TPSA) is 49.8 Å². The van der Waals surface area contributed by atoms with Crippen molar-refractivity contribution in [3.8, 4) is 5.75 Å². The molecule has 1 N–H and O–H groups in total. The van der Waals surface area contributed by atoms with E-state index in [4.69, 9.17) is 4.74 Å². The first-order valence-electron chi connectivity index (χ1n) is 7.77. The molecular formula is C17H23NO3. The van der Waals surface area contributed by atoms with Crippen LogP contribution in [0.3, 0.4) is 0 Å². The molecule has 0 saturated carbocycles. The largest absolute Gasteiger partial charge is 0.497 e. The van der Waals surface area contributed by atoms with Gasteiger partial charge in [0.25, 0.3) is 0 Å². The molecule has 0 radical (unpaired) electrons. The van der Waals surface area contributed by atoms with Gasteiger partial charge in [0.2, 0.25) is 5.91 Å². The molecule has 1 saturated heterocycles. The lowest BCUT2D eigenvalue weighted by Crippen LogP contribution is -2.38. The molecule has 0 unspecified atom stereocenters. The number of methoxy groups -OCH3 is 1. The summed E-state index contributed by atoms with van der Waals surface area (Å²) in [5.41, 5.74) is 2.65. The van der Waals surface area contributed by atoms with Gasteiger partial charge in [-0.2, -0.15) is 0 Å². The van der Waals surface area contributed by atoms with Gasteiger partial charge in [-0.1, -0.05) is 6.07 Å². The third kappa shape index (κ3) is 2.91. The van der Waals surface area contributed by atoms with Crippen LogP contribution in [0.25, 0.3) is 0 Å². The van der Waals surface area contributed by atoms with E-state index in [0.29, 0.717) is 12.3 Å². The van der Waals surface area contributed by atoms with Crippen LogP contribution in [0.4, 0.5) is 0 Å². The second kappa shape index (κ2) is 6.06. The van der Waals surface area contributed by atoms with Crippen LogP contribution in [-0.2, 0) is 17.6 Å². The highest BCUT2D eigenvalue weighted by molar-refractivity contribution is 5.77. The Morgan fingerprint density at radius 2 is 2.19 bits per heavy atom. The highest BCUT2D eigenvalue weighted by atomic mass is 16.5. The Labute approximate surface area is 125 Å². The first-order valence-corrected chi connectivity index (χ1v) is 7.77. The van der Waals surface area contributed by atoms with Crippen molar-refractivity contribution in [3.05, 3.63) is 29.3 Å². The van der Waals surface area contributed by atoms with Crippen molar-refractivity contribution in [3.63, 3.8) is 0 Å². The third-order valence-corrected chi connectivity index (χ3v) is 4.80. The van der Waals surface area contributed by atoms with E-state index in [0.717, 1.165) is 38.0 Å². The molecule has 0 bridgehead atoms. The highest BCUT2D eigenvalue weighted by Crippen LogP contribution is 2.32. The van der Waals surface area contributed by atoms with Crippen LogP contribution >= 0.6 is 0 Å². The third-order valence-electron chi connectivity index (χ3n) is 4.80. The summed E-state index contributed by atoms with van der Waals surface area (Å²) in [6.45, 7) is 0.894. The number of hydrogen-bond acceptors (Lipinski definition) is 3. The molecule has 4 heteroatoms. The van der Waals surface area contributed by atoms with Crippen LogP contribution in [0, 0.1) is 5.92 Å². The van der Waals surface area contributed by atoms with E-state index >= 15 is 0 Å². The molecule has 0 spiro atoms. The summed E-state index contributed by atoms with van der Waals surface area (Å²) in [7, 11) is 1.68. The summed E-state index contributed by atoms with van der Waals surface area (Å²) in [5.74, 6) is 1.48. The highest BCUT2D eigenvalue weighted by Gasteiger charge is 2.31. The van der Waals surface area contributed by atoms with Gasteiger partial charge < -0.3 is 14.7 Å². The van der Waals surface area contributed by atoms with Crippen molar-refractivity contribution in [1.82, 2.24) is 4.90 Å². The fourth-order valence-corrected chi connectivity index (χ4v) is 3.67. The molecule has 114 valence electrons. The van der Waals surface area contributed by atoms with E-state index in [1.165, 1.54) is 11.1 Å². The number of rotatable bonds is 4. The van der Waals surface area contributed by atoms with Crippen molar-refractivity contribution >= 4 is 5.91 Å². The molecular weight excluding hydrogens is 266 g/mol. The molecule has 21 heavy (non-hydrogen) atoms. The van der Waals surface area contributed by atoms with E-state index in [1.807, 2.05) is 11.0 Å². The van der Waals surface area contributed by atoms with Gasteiger partial charge in [0.15, 0.2) is 0 Å². The average Bonchev–Trinajstić information content (AvgIpc) is 3.11. The molecule has 1 aliphatic heterocycles. The Balaban J connectivity index is 1.61. The minimum atomic E-state index is 0.0429. The van der Waals surface area contributed by atoms with E-state index in [-0.39, 0.29) is 18.6 Å². The number of nitrogens with zero attached hydrogens (tertiary/aromatic N) is 1. The molecule has 2 aliphatic rings. The number of carbonyl (C=O) groups excluding carboxylic acids is 1. The second-order valence-corrected chi connectivity index (χ2v) is 6.18. The van der Waals surface area contributed by atoms with Crippen molar-refractivity contribution in [2.45, 2.75) is 38.1 Å². The zero-order valence-corrected chi connectivity index (χ0v) is 12.5. The van der Waals surface area contributed by atoms with Gasteiger partial charge in [0.05, 0.1) is 19.8 Å². The summed E-state index contributed by atoms with van der Waals surface area (Å²) in [6, 6.07) is 6.24. The minimum absolute atomic E-state index is 0.0429. The predicted molar refractivity (Wildman–Crippen MR) is 80.3 cm³/mol. The Bertz CT molecular complexity index is 529. The predicted octanol–water partition coefficient (Wildman–Crippen LogP) is 1.78. The molecule has 1 aliphatic carbocycles. The van der Waals surface area contributed by atoms with Gasteiger partial charge in [0, 0.05) is 13.0 Å². The molecule has 2 atom stereocenters. The molecule has 1 heterocycles. The number of aliphatic hydroxyl groups excluding tert-OH is 1. The van der Waals surface area contributed by atoms with Gasteiger partial charge in [0.1, 0.15) is 5.75 Å². The second-order valence-electron chi connectivity index (χ2n) is 6.18. The number of amides is 1. The number of hydrogen-bond donors (Lipinski definition) is 1. The molecule has 0 aromatic heterocycles. The summed E-state index contributed by atoms with van der Waals surface area (Å²) in [5, 5.41) is 9.34. The van der Waals surface area contributed by atoms with E-state index in [2.05, 4.69) is 12.1 Å². The Morgan fingerprint density at radius 1 is 1.38 bits per heavy atom. The van der Waals surface area contributed by atoms with Crippen LogP contribution in [0.5, 0.6) is 5.75 Å². The fraction of sp³-hybridized carbons (Fsp3) is 0.588. The fourth-order valence-electron chi connectivity index (χ4n) is 3.67. The van der Waals surface area contributed by atoms with Crippen molar-refractivity contribution in [2.75, 3.05) is 20.3 Å². The Kier molecular flexibility index (Phi) is 4.15. The summed E-state index contributed by atoms with van der Waals surface area (Å²) in [6.07, 6.45) is 4.47. The van der Waals surface area contributed by atoms with Crippen LogP contribution < -0.4 is 4.74 Å². The van der Waals surface area contributed by atoms with Crippen molar-refractivity contribution < 1.29 is 14.6 Å². The van der Waals surface area contributed by atoms with Gasteiger partial charge in [-0.25, -0.2) is 0 Å². The number of fused-ring (bicyclic) bond motifs is 1. The Hall–Kier alpha value is -1.55. The average molecular weight is 289 g/mol. The zero-order valence-electron chi connectivity index (χ0n) is 12.5. The van der Waals surface area contributed by atoms with E-state index in [1.54, 1.807) is 7.11 Å². The summed E-state index contributed by atoms with van der Waals surface area (Å²) in [4.78, 5) is 14.3. The quantitative estimate of drug-likeness (QED) is 0.919. The van der Waals surface area contributed by atoms with Crippen molar-refractivity contribution in [1.29, 1.82) is 0 Å². The number of ether oxygens (including phenoxy) is 1. The minimum Gasteiger partial charge on any atom is -0.497 e. The monoisotopic (exact) mass is 289 g/mol. The molecule has 1 fully saturated rings. The number of likely N-dealkylation sites (tertiary alicyclic amines) is 1. The standard InChI is InChI=1S/C17H23NO3/c1-21-16-5-4-13-7-12(8-14(13)10-16)9-17(20)18-6-2-3-15(18)11-19/h4-5,10,12,15,19H,2-3,6-9,11H2,1H3/t12-,15+/m1/s1. The summed E-state index contributed by atoms with van der Waals surface area (Å²) >= 11 is 0.